The van der Waals surface area contributed by atoms with E-state index in [4.69, 9.17) is 37.4 Å². The van der Waals surface area contributed by atoms with E-state index >= 15 is 0 Å². The number of hydrogen-bond acceptors (Lipinski definition) is 7. The number of pyridine rings is 1. The summed E-state index contributed by atoms with van der Waals surface area (Å²) in [5.41, 5.74) is 1.73. The van der Waals surface area contributed by atoms with Crippen LogP contribution in [0.25, 0.3) is 31.7 Å². The highest BCUT2D eigenvalue weighted by Crippen LogP contribution is 2.43. The summed E-state index contributed by atoms with van der Waals surface area (Å²) in [7, 11) is 1.57. The minimum Gasteiger partial charge on any atom is -0.495 e. The van der Waals surface area contributed by atoms with Crippen LogP contribution in [-0.2, 0) is 11.2 Å². The maximum Gasteiger partial charge on any atom is 0.403 e. The Morgan fingerprint density at radius 1 is 1.35 bits per heavy atom. The summed E-state index contributed by atoms with van der Waals surface area (Å²) in [6.45, 7) is -0.0612. The molecule has 0 saturated carbocycles. The molecule has 2 aromatic carbocycles. The number of halogens is 3. The van der Waals surface area contributed by atoms with Crippen molar-refractivity contribution in [1.29, 1.82) is 0 Å². The second-order valence-corrected chi connectivity index (χ2v) is 8.67. The highest BCUT2D eigenvalue weighted by atomic mass is 35.5. The van der Waals surface area contributed by atoms with E-state index in [9.17, 15) is 9.18 Å². The largest absolute Gasteiger partial charge is 0.495 e. The molecule has 1 aliphatic heterocycles. The standard InChI is InChI=1S/C21H13Cl2FN2O4S/c1-28-11-3-9-2-10(22)4-13(17(9)25-7-11)20-26-16-6-15(24)18-14(19(16)31-20)5-12(30-18)8-29-21(23)27/h2-4,6-7,12H,5,8H2,1H3. The van der Waals surface area contributed by atoms with Crippen molar-refractivity contribution in [3.8, 4) is 22.1 Å². The Hall–Kier alpha value is -2.68. The lowest BCUT2D eigenvalue weighted by Gasteiger charge is -2.09. The van der Waals surface area contributed by atoms with E-state index in [1.165, 1.54) is 17.4 Å². The van der Waals surface area contributed by atoms with E-state index in [1.807, 2.05) is 6.07 Å². The zero-order valence-corrected chi connectivity index (χ0v) is 18.3. The molecule has 158 valence electrons. The molecular formula is C21H13Cl2FN2O4S. The molecule has 6 nitrogen and oxygen atoms in total. The third kappa shape index (κ3) is 3.64. The van der Waals surface area contributed by atoms with Crippen molar-refractivity contribution in [2.24, 2.45) is 0 Å². The average Bonchev–Trinajstić information content (AvgIpc) is 3.35. The molecule has 0 N–H and O–H groups in total. The molecule has 1 aliphatic rings. The number of benzene rings is 2. The first-order valence-corrected chi connectivity index (χ1v) is 10.7. The van der Waals surface area contributed by atoms with Gasteiger partial charge in [0.25, 0.3) is 0 Å². The number of carbonyl (C=O) groups is 1. The van der Waals surface area contributed by atoms with Crippen molar-refractivity contribution in [2.45, 2.75) is 12.5 Å². The molecule has 2 aromatic heterocycles. The molecule has 3 heterocycles. The maximum absolute atomic E-state index is 14.7. The highest BCUT2D eigenvalue weighted by molar-refractivity contribution is 7.22. The molecule has 0 saturated heterocycles. The van der Waals surface area contributed by atoms with E-state index < -0.39 is 17.3 Å². The Morgan fingerprint density at radius 2 is 2.19 bits per heavy atom. The number of aromatic nitrogens is 2. The molecule has 0 amide bonds. The predicted molar refractivity (Wildman–Crippen MR) is 117 cm³/mol. The van der Waals surface area contributed by atoms with Crippen LogP contribution >= 0.6 is 34.5 Å². The van der Waals surface area contributed by atoms with Crippen molar-refractivity contribution in [3.05, 3.63) is 46.9 Å². The number of rotatable bonds is 4. The van der Waals surface area contributed by atoms with Gasteiger partial charge in [0.05, 0.1) is 29.0 Å². The number of fused-ring (bicyclic) bond motifs is 4. The smallest absolute Gasteiger partial charge is 0.403 e. The minimum atomic E-state index is -0.929. The number of hydrogen-bond donors (Lipinski definition) is 0. The number of ether oxygens (including phenoxy) is 3. The van der Waals surface area contributed by atoms with Crippen LogP contribution in [-0.4, -0.2) is 35.2 Å². The Labute approximate surface area is 189 Å². The van der Waals surface area contributed by atoms with Gasteiger partial charge in [-0.3, -0.25) is 4.98 Å². The van der Waals surface area contributed by atoms with Crippen molar-refractivity contribution in [1.82, 2.24) is 9.97 Å². The van der Waals surface area contributed by atoms with Crippen LogP contribution in [0.5, 0.6) is 11.5 Å². The SMILES string of the molecule is COc1cnc2c(-c3nc4cc(F)c5c(c4s3)CC(COC(=O)Cl)O5)cc(Cl)cc2c1. The average molecular weight is 479 g/mol. The van der Waals surface area contributed by atoms with E-state index in [0.717, 1.165) is 15.6 Å². The fourth-order valence-corrected chi connectivity index (χ4v) is 5.06. The van der Waals surface area contributed by atoms with Gasteiger partial charge in [-0.1, -0.05) is 11.6 Å². The Bertz CT molecular complexity index is 1360. The van der Waals surface area contributed by atoms with Crippen molar-refractivity contribution < 1.29 is 23.4 Å². The summed E-state index contributed by atoms with van der Waals surface area (Å²) in [5, 5.41) is 1.99. The Kier molecular flexibility index (Phi) is 5.08. The lowest BCUT2D eigenvalue weighted by atomic mass is 10.1. The van der Waals surface area contributed by atoms with Gasteiger partial charge >= 0.3 is 5.43 Å². The number of carbonyl (C=O) groups excluding carboxylic acids is 1. The molecule has 0 aliphatic carbocycles. The van der Waals surface area contributed by atoms with Crippen molar-refractivity contribution in [3.63, 3.8) is 0 Å². The first-order chi connectivity index (χ1) is 14.9. The van der Waals surface area contributed by atoms with Gasteiger partial charge in [0.1, 0.15) is 23.5 Å². The second-order valence-electron chi connectivity index (χ2n) is 6.93. The van der Waals surface area contributed by atoms with Crippen LogP contribution in [0.3, 0.4) is 0 Å². The lowest BCUT2D eigenvalue weighted by Crippen LogP contribution is -2.21. The molecule has 1 unspecified atom stereocenters. The highest BCUT2D eigenvalue weighted by Gasteiger charge is 2.30. The first-order valence-electron chi connectivity index (χ1n) is 9.17. The molecule has 1 atom stereocenters. The van der Waals surface area contributed by atoms with Crippen LogP contribution < -0.4 is 9.47 Å². The Balaban J connectivity index is 1.61. The molecule has 0 spiro atoms. The van der Waals surface area contributed by atoms with Crippen LogP contribution in [0.15, 0.2) is 30.5 Å². The van der Waals surface area contributed by atoms with Crippen molar-refractivity contribution in [2.75, 3.05) is 13.7 Å². The molecule has 10 heteroatoms. The van der Waals surface area contributed by atoms with Gasteiger partial charge in [0.2, 0.25) is 0 Å². The van der Waals surface area contributed by atoms with Gasteiger partial charge < -0.3 is 14.2 Å². The fourth-order valence-electron chi connectivity index (χ4n) is 3.66. The molecule has 0 radical (unpaired) electrons. The van der Waals surface area contributed by atoms with Crippen LogP contribution in [0.4, 0.5) is 9.18 Å². The van der Waals surface area contributed by atoms with Gasteiger partial charge in [-0.2, -0.15) is 0 Å². The van der Waals surface area contributed by atoms with E-state index in [-0.39, 0.29) is 12.4 Å². The molecule has 0 fully saturated rings. The van der Waals surface area contributed by atoms with Gasteiger partial charge in [-0.15, -0.1) is 11.3 Å². The zero-order valence-electron chi connectivity index (χ0n) is 15.9. The summed E-state index contributed by atoms with van der Waals surface area (Å²) in [4.78, 5) is 20.0. The van der Waals surface area contributed by atoms with Gasteiger partial charge in [-0.05, 0) is 18.2 Å². The van der Waals surface area contributed by atoms with E-state index in [1.54, 1.807) is 25.4 Å². The first kappa shape index (κ1) is 20.2. The molecule has 0 bridgehead atoms. The number of nitrogens with zero attached hydrogens (tertiary/aromatic N) is 2. The molecule has 5 rings (SSSR count). The molecule has 31 heavy (non-hydrogen) atoms. The summed E-state index contributed by atoms with van der Waals surface area (Å²) < 4.78 is 31.2. The molecular weight excluding hydrogens is 466 g/mol. The number of methoxy groups -OCH3 is 1. The van der Waals surface area contributed by atoms with Gasteiger partial charge in [0.15, 0.2) is 11.6 Å². The monoisotopic (exact) mass is 478 g/mol. The van der Waals surface area contributed by atoms with Crippen LogP contribution in [0, 0.1) is 5.82 Å². The number of thiazole rings is 1. The summed E-state index contributed by atoms with van der Waals surface area (Å²) in [6.07, 6.45) is 1.49. The van der Waals surface area contributed by atoms with Crippen molar-refractivity contribution >= 4 is 61.1 Å². The van der Waals surface area contributed by atoms with E-state index in [2.05, 4.69) is 9.97 Å². The fraction of sp³-hybridized carbons (Fsp3) is 0.190. The quantitative estimate of drug-likeness (QED) is 0.335. The van der Waals surface area contributed by atoms with E-state index in [0.29, 0.717) is 38.8 Å². The normalized spacial score (nSPS) is 15.2. The lowest BCUT2D eigenvalue weighted by molar-refractivity contribution is 0.107. The Morgan fingerprint density at radius 3 is 2.97 bits per heavy atom. The predicted octanol–water partition coefficient (Wildman–Crippen LogP) is 5.99. The minimum absolute atomic E-state index is 0.0612. The summed E-state index contributed by atoms with van der Waals surface area (Å²) >= 11 is 13.0. The maximum atomic E-state index is 14.7. The third-order valence-corrected chi connectivity index (χ3v) is 6.46. The van der Waals surface area contributed by atoms with Gasteiger partial charge in [0, 0.05) is 45.6 Å². The van der Waals surface area contributed by atoms with Gasteiger partial charge in [-0.25, -0.2) is 14.2 Å². The topological polar surface area (TPSA) is 70.5 Å². The summed E-state index contributed by atoms with van der Waals surface area (Å²) in [6, 6.07) is 6.78. The second kappa shape index (κ2) is 7.78. The molecule has 4 aromatic rings. The zero-order chi connectivity index (χ0) is 21.7. The van der Waals surface area contributed by atoms with Crippen LogP contribution in [0.2, 0.25) is 5.02 Å². The van der Waals surface area contributed by atoms with Crippen LogP contribution in [0.1, 0.15) is 5.56 Å². The summed E-state index contributed by atoms with van der Waals surface area (Å²) in [5.74, 6) is 0.251. The third-order valence-electron chi connectivity index (χ3n) is 4.97.